The van der Waals surface area contributed by atoms with Gasteiger partial charge in [0.05, 0.1) is 30.9 Å². The summed E-state index contributed by atoms with van der Waals surface area (Å²) in [5, 5.41) is 7.90. The lowest BCUT2D eigenvalue weighted by Gasteiger charge is -2.20. The Balaban J connectivity index is 1.61. The fourth-order valence-corrected chi connectivity index (χ4v) is 4.07. The molecule has 1 unspecified atom stereocenters. The summed E-state index contributed by atoms with van der Waals surface area (Å²) in [6.45, 7) is 5.25. The Morgan fingerprint density at radius 2 is 1.86 bits per heavy atom. The maximum absolute atomic E-state index is 13.1. The predicted octanol–water partition coefficient (Wildman–Crippen LogP) is 2.34. The first-order valence-corrected chi connectivity index (χ1v) is 10.1. The van der Waals surface area contributed by atoms with Crippen LogP contribution in [0.1, 0.15) is 30.1 Å². The molecular weight excluding hydrogens is 348 g/mol. The minimum atomic E-state index is -0.0524. The predicted molar refractivity (Wildman–Crippen MR) is 111 cm³/mol. The second-order valence-corrected chi connectivity index (χ2v) is 7.35. The summed E-state index contributed by atoms with van der Waals surface area (Å²) in [5.41, 5.74) is 3.22. The Morgan fingerprint density at radius 3 is 2.57 bits per heavy atom. The van der Waals surface area contributed by atoms with Gasteiger partial charge in [0.1, 0.15) is 11.7 Å². The minimum Gasteiger partial charge on any atom is -0.346 e. The van der Waals surface area contributed by atoms with Crippen molar-refractivity contribution >= 4 is 5.91 Å². The highest BCUT2D eigenvalue weighted by Crippen LogP contribution is 2.23. The molecule has 144 valence electrons. The lowest BCUT2D eigenvalue weighted by atomic mass is 10.1. The normalized spacial score (nSPS) is 18.9. The highest BCUT2D eigenvalue weighted by Gasteiger charge is 2.28. The number of carbonyl (C=O) groups excluding carboxylic acids is 1. The van der Waals surface area contributed by atoms with Crippen LogP contribution in [0.15, 0.2) is 66.9 Å². The van der Waals surface area contributed by atoms with E-state index in [0.29, 0.717) is 23.8 Å². The Kier molecular flexibility index (Phi) is 5.53. The average Bonchev–Trinajstić information content (AvgIpc) is 3.40. The smallest absolute Gasteiger partial charge is 0.255 e. The maximum Gasteiger partial charge on any atom is 0.255 e. The van der Waals surface area contributed by atoms with Gasteiger partial charge in [-0.05, 0) is 19.1 Å². The van der Waals surface area contributed by atoms with Crippen LogP contribution < -0.4 is 10.2 Å². The van der Waals surface area contributed by atoms with E-state index >= 15 is 0 Å². The average molecular weight is 375 g/mol. The molecule has 1 fully saturated rings. The first-order valence-electron chi connectivity index (χ1n) is 10.1. The molecule has 0 spiro atoms. The fourth-order valence-electron chi connectivity index (χ4n) is 4.07. The van der Waals surface area contributed by atoms with Crippen molar-refractivity contribution in [2.24, 2.45) is 0 Å². The number of benzene rings is 2. The van der Waals surface area contributed by atoms with E-state index in [1.165, 1.54) is 19.4 Å². The topological polar surface area (TPSA) is 51.4 Å². The molecule has 1 amide bonds. The third kappa shape index (κ3) is 3.85. The van der Waals surface area contributed by atoms with Crippen LogP contribution in [0.25, 0.3) is 16.9 Å². The molecule has 28 heavy (non-hydrogen) atoms. The second kappa shape index (κ2) is 8.40. The number of para-hydroxylation sites is 1. The quantitative estimate of drug-likeness (QED) is 0.695. The first-order chi connectivity index (χ1) is 13.8. The molecule has 2 aromatic carbocycles. The van der Waals surface area contributed by atoms with Gasteiger partial charge in [0.25, 0.3) is 5.91 Å². The summed E-state index contributed by atoms with van der Waals surface area (Å²) < 4.78 is 1.79. The van der Waals surface area contributed by atoms with Gasteiger partial charge in [0, 0.05) is 24.6 Å². The van der Waals surface area contributed by atoms with E-state index in [-0.39, 0.29) is 5.91 Å². The van der Waals surface area contributed by atoms with E-state index < -0.39 is 0 Å². The molecule has 1 aliphatic rings. The summed E-state index contributed by atoms with van der Waals surface area (Å²) in [7, 11) is 0. The van der Waals surface area contributed by atoms with E-state index in [9.17, 15) is 4.79 Å². The summed E-state index contributed by atoms with van der Waals surface area (Å²) in [5.74, 6) is -0.0524. The Hall–Kier alpha value is -2.92. The number of hydrogen-bond donors (Lipinski definition) is 2. The van der Waals surface area contributed by atoms with Crippen molar-refractivity contribution in [2.45, 2.75) is 25.8 Å². The van der Waals surface area contributed by atoms with Crippen LogP contribution in [0.3, 0.4) is 0 Å². The number of nitrogens with zero attached hydrogens (tertiary/aromatic N) is 2. The molecule has 1 aromatic heterocycles. The SMILES string of the molecule is CC[NH+]1CCC[C@H]1CNC(=O)c1cn(-c2ccccc2)nc1-c1ccccc1. The van der Waals surface area contributed by atoms with Crippen LogP contribution in [0.5, 0.6) is 0 Å². The third-order valence-corrected chi connectivity index (χ3v) is 5.62. The molecule has 5 heteroatoms. The number of nitrogens with one attached hydrogen (secondary N) is 2. The van der Waals surface area contributed by atoms with E-state index in [2.05, 4.69) is 12.2 Å². The van der Waals surface area contributed by atoms with Crippen LogP contribution >= 0.6 is 0 Å². The highest BCUT2D eigenvalue weighted by atomic mass is 16.1. The number of hydrogen-bond acceptors (Lipinski definition) is 2. The van der Waals surface area contributed by atoms with E-state index in [0.717, 1.165) is 17.8 Å². The summed E-state index contributed by atoms with van der Waals surface area (Å²) in [6.07, 6.45) is 4.26. The van der Waals surface area contributed by atoms with Crippen LogP contribution in [-0.4, -0.2) is 41.4 Å². The van der Waals surface area contributed by atoms with Gasteiger partial charge in [-0.25, -0.2) is 4.68 Å². The van der Waals surface area contributed by atoms with Crippen molar-refractivity contribution in [3.63, 3.8) is 0 Å². The monoisotopic (exact) mass is 375 g/mol. The van der Waals surface area contributed by atoms with Crippen molar-refractivity contribution in [1.82, 2.24) is 15.1 Å². The highest BCUT2D eigenvalue weighted by molar-refractivity contribution is 5.99. The number of likely N-dealkylation sites (tertiary alicyclic amines) is 1. The molecule has 3 aromatic rings. The van der Waals surface area contributed by atoms with Crippen molar-refractivity contribution in [1.29, 1.82) is 0 Å². The number of quaternary nitrogens is 1. The molecule has 0 radical (unpaired) electrons. The van der Waals surface area contributed by atoms with E-state index in [1.807, 2.05) is 66.9 Å². The molecule has 0 aliphatic carbocycles. The van der Waals surface area contributed by atoms with Crippen LogP contribution in [0.4, 0.5) is 0 Å². The summed E-state index contributed by atoms with van der Waals surface area (Å²) >= 11 is 0. The summed E-state index contributed by atoms with van der Waals surface area (Å²) in [4.78, 5) is 14.6. The Bertz CT molecular complexity index is 920. The van der Waals surface area contributed by atoms with Gasteiger partial charge >= 0.3 is 0 Å². The molecule has 4 rings (SSSR count). The van der Waals surface area contributed by atoms with E-state index in [4.69, 9.17) is 5.10 Å². The maximum atomic E-state index is 13.1. The molecular formula is C23H27N4O+. The number of likely N-dealkylation sites (N-methyl/N-ethyl adjacent to an activating group) is 1. The van der Waals surface area contributed by atoms with Gasteiger partial charge in [-0.1, -0.05) is 48.5 Å². The largest absolute Gasteiger partial charge is 0.346 e. The van der Waals surface area contributed by atoms with Gasteiger partial charge in [-0.3, -0.25) is 4.79 Å². The number of carbonyl (C=O) groups is 1. The zero-order chi connectivity index (χ0) is 19.3. The number of rotatable bonds is 6. The Labute approximate surface area is 166 Å². The van der Waals surface area contributed by atoms with Crippen molar-refractivity contribution in [2.75, 3.05) is 19.6 Å². The second-order valence-electron chi connectivity index (χ2n) is 7.35. The molecule has 2 atom stereocenters. The van der Waals surface area contributed by atoms with Crippen LogP contribution in [0, 0.1) is 0 Å². The molecule has 0 bridgehead atoms. The van der Waals surface area contributed by atoms with Gasteiger partial charge < -0.3 is 10.2 Å². The Morgan fingerprint density at radius 1 is 1.14 bits per heavy atom. The van der Waals surface area contributed by atoms with Crippen molar-refractivity contribution in [3.8, 4) is 16.9 Å². The molecule has 2 N–H and O–H groups in total. The third-order valence-electron chi connectivity index (χ3n) is 5.62. The minimum absolute atomic E-state index is 0.0524. The van der Waals surface area contributed by atoms with Gasteiger partial charge in [0.15, 0.2) is 0 Å². The lowest BCUT2D eigenvalue weighted by molar-refractivity contribution is -0.909. The first kappa shape index (κ1) is 18.4. The van der Waals surface area contributed by atoms with Crippen molar-refractivity contribution < 1.29 is 9.69 Å². The molecule has 1 saturated heterocycles. The van der Waals surface area contributed by atoms with Gasteiger partial charge in [-0.15, -0.1) is 0 Å². The van der Waals surface area contributed by atoms with E-state index in [1.54, 1.807) is 9.58 Å². The molecule has 5 nitrogen and oxygen atoms in total. The molecule has 1 aliphatic heterocycles. The standard InChI is InChI=1S/C23H26N4O/c1-2-26-15-9-14-20(26)16-24-23(28)21-17-27(19-12-7-4-8-13-19)25-22(21)18-10-5-3-6-11-18/h3-8,10-13,17,20H,2,9,14-16H2,1H3,(H,24,28)/p+1/t20-/m0/s1. The lowest BCUT2D eigenvalue weighted by Crippen LogP contribution is -3.14. The zero-order valence-corrected chi connectivity index (χ0v) is 16.3. The van der Waals surface area contributed by atoms with Crippen molar-refractivity contribution in [3.05, 3.63) is 72.4 Å². The molecule has 0 saturated carbocycles. The zero-order valence-electron chi connectivity index (χ0n) is 16.3. The molecule has 2 heterocycles. The van der Waals surface area contributed by atoms with Crippen LogP contribution in [-0.2, 0) is 0 Å². The van der Waals surface area contributed by atoms with Crippen LogP contribution in [0.2, 0.25) is 0 Å². The summed E-state index contributed by atoms with van der Waals surface area (Å²) in [6, 6.07) is 20.3. The number of amides is 1. The fraction of sp³-hybridized carbons (Fsp3) is 0.304. The van der Waals surface area contributed by atoms with Gasteiger partial charge in [-0.2, -0.15) is 5.10 Å². The number of aromatic nitrogens is 2. The van der Waals surface area contributed by atoms with Gasteiger partial charge in [0.2, 0.25) is 0 Å².